The van der Waals surface area contributed by atoms with E-state index >= 15 is 0 Å². The van der Waals surface area contributed by atoms with Gasteiger partial charge in [-0.15, -0.1) is 0 Å². The van der Waals surface area contributed by atoms with E-state index in [9.17, 15) is 15.0 Å². The minimum absolute atomic E-state index is 0.133. The van der Waals surface area contributed by atoms with Crippen molar-refractivity contribution in [2.24, 2.45) is 5.92 Å². The maximum Gasteiger partial charge on any atom is 0.319 e. The summed E-state index contributed by atoms with van der Waals surface area (Å²) in [6.45, 7) is 4.47. The Kier molecular flexibility index (Phi) is 9.27. The predicted molar refractivity (Wildman–Crippen MR) is 119 cm³/mol. The van der Waals surface area contributed by atoms with Crippen LogP contribution >= 0.6 is 0 Å². The molecule has 2 amide bonds. The summed E-state index contributed by atoms with van der Waals surface area (Å²) in [4.78, 5) is 12.5. The van der Waals surface area contributed by atoms with Crippen LogP contribution in [-0.4, -0.2) is 43.7 Å². The number of anilines is 1. The molecule has 8 nitrogen and oxygen atoms in total. The molecule has 2 aromatic carbocycles. The van der Waals surface area contributed by atoms with Crippen molar-refractivity contribution in [2.45, 2.75) is 32.7 Å². The van der Waals surface area contributed by atoms with Crippen LogP contribution in [0.2, 0.25) is 0 Å². The molecule has 0 bridgehead atoms. The van der Waals surface area contributed by atoms with Crippen LogP contribution in [0.3, 0.4) is 0 Å². The van der Waals surface area contributed by atoms with E-state index in [1.807, 2.05) is 0 Å². The van der Waals surface area contributed by atoms with E-state index in [0.29, 0.717) is 35.3 Å². The Hall–Kier alpha value is -3.13. The molecule has 2 rings (SSSR count). The normalized spacial score (nSPS) is 11.7. The summed E-state index contributed by atoms with van der Waals surface area (Å²) >= 11 is 0. The SMILES string of the molecule is COc1ccc(NC(=O)NC(CO)c2cccc(OC)c2O)cc1OCCCC(C)C. The van der Waals surface area contributed by atoms with Gasteiger partial charge in [0, 0.05) is 17.3 Å². The van der Waals surface area contributed by atoms with Gasteiger partial charge in [0.15, 0.2) is 23.0 Å². The average Bonchev–Trinajstić information content (AvgIpc) is 2.75. The van der Waals surface area contributed by atoms with E-state index < -0.39 is 18.7 Å². The first-order valence-electron chi connectivity index (χ1n) is 10.2. The first kappa shape index (κ1) is 24.1. The summed E-state index contributed by atoms with van der Waals surface area (Å²) in [5, 5.41) is 25.4. The highest BCUT2D eigenvalue weighted by molar-refractivity contribution is 5.90. The van der Waals surface area contributed by atoms with Gasteiger partial charge in [-0.05, 0) is 37.0 Å². The van der Waals surface area contributed by atoms with Gasteiger partial charge < -0.3 is 35.1 Å². The molecule has 170 valence electrons. The summed E-state index contributed by atoms with van der Waals surface area (Å²) in [5.74, 6) is 1.84. The van der Waals surface area contributed by atoms with Crippen LogP contribution in [0, 0.1) is 5.92 Å². The number of amides is 2. The standard InChI is InChI=1S/C23H32N2O6/c1-15(2)7-6-12-31-21-13-16(10-11-19(21)29-3)24-23(28)25-18(14-26)17-8-5-9-20(30-4)22(17)27/h5,8-11,13,15,18,26-27H,6-7,12,14H2,1-4H3,(H2,24,25,28). The van der Waals surface area contributed by atoms with Crippen LogP contribution in [-0.2, 0) is 0 Å². The number of carbonyl (C=O) groups is 1. The van der Waals surface area contributed by atoms with E-state index in [4.69, 9.17) is 14.2 Å². The highest BCUT2D eigenvalue weighted by Gasteiger charge is 2.20. The summed E-state index contributed by atoms with van der Waals surface area (Å²) in [5.41, 5.74) is 0.851. The first-order chi connectivity index (χ1) is 14.9. The molecule has 1 unspecified atom stereocenters. The van der Waals surface area contributed by atoms with Crippen LogP contribution < -0.4 is 24.8 Å². The van der Waals surface area contributed by atoms with Crippen molar-refractivity contribution < 1.29 is 29.2 Å². The van der Waals surface area contributed by atoms with Crippen molar-refractivity contribution in [3.05, 3.63) is 42.0 Å². The number of hydrogen-bond acceptors (Lipinski definition) is 6. The number of urea groups is 1. The van der Waals surface area contributed by atoms with Gasteiger partial charge in [0.1, 0.15) is 0 Å². The van der Waals surface area contributed by atoms with Crippen molar-refractivity contribution in [1.82, 2.24) is 5.32 Å². The van der Waals surface area contributed by atoms with Crippen molar-refractivity contribution >= 4 is 11.7 Å². The van der Waals surface area contributed by atoms with Gasteiger partial charge in [-0.1, -0.05) is 26.0 Å². The van der Waals surface area contributed by atoms with E-state index in [0.717, 1.165) is 12.8 Å². The lowest BCUT2D eigenvalue weighted by atomic mass is 10.1. The summed E-state index contributed by atoms with van der Waals surface area (Å²) in [7, 11) is 2.99. The zero-order valence-electron chi connectivity index (χ0n) is 18.5. The second-order valence-corrected chi connectivity index (χ2v) is 7.48. The van der Waals surface area contributed by atoms with Gasteiger partial charge in [-0.25, -0.2) is 4.79 Å². The van der Waals surface area contributed by atoms with Crippen molar-refractivity contribution in [1.29, 1.82) is 0 Å². The van der Waals surface area contributed by atoms with Crippen LogP contribution in [0.15, 0.2) is 36.4 Å². The van der Waals surface area contributed by atoms with Gasteiger partial charge in [-0.2, -0.15) is 0 Å². The number of aromatic hydroxyl groups is 1. The highest BCUT2D eigenvalue weighted by Crippen LogP contribution is 2.34. The smallest absolute Gasteiger partial charge is 0.319 e. The minimum atomic E-state index is -0.819. The molecule has 1 atom stereocenters. The number of benzene rings is 2. The lowest BCUT2D eigenvalue weighted by molar-refractivity contribution is 0.223. The quantitative estimate of drug-likeness (QED) is 0.399. The second kappa shape index (κ2) is 11.9. The molecule has 0 radical (unpaired) electrons. The molecule has 0 saturated heterocycles. The van der Waals surface area contributed by atoms with Crippen molar-refractivity contribution in [3.63, 3.8) is 0 Å². The maximum atomic E-state index is 12.5. The van der Waals surface area contributed by atoms with E-state index in [-0.39, 0.29) is 11.5 Å². The third-order valence-electron chi connectivity index (χ3n) is 4.72. The predicted octanol–water partition coefficient (Wildman–Crippen LogP) is 4.08. The fourth-order valence-corrected chi connectivity index (χ4v) is 3.07. The number of rotatable bonds is 11. The van der Waals surface area contributed by atoms with Crippen LogP contribution in [0.1, 0.15) is 38.3 Å². The first-order valence-corrected chi connectivity index (χ1v) is 10.2. The fraction of sp³-hybridized carbons (Fsp3) is 0.435. The Balaban J connectivity index is 2.06. The molecule has 0 fully saturated rings. The number of phenols is 1. The maximum absolute atomic E-state index is 12.5. The molecule has 4 N–H and O–H groups in total. The van der Waals surface area contributed by atoms with E-state index in [2.05, 4.69) is 24.5 Å². The minimum Gasteiger partial charge on any atom is -0.504 e. The number of methoxy groups -OCH3 is 2. The number of hydrogen-bond donors (Lipinski definition) is 4. The van der Waals surface area contributed by atoms with Crippen molar-refractivity contribution in [3.8, 4) is 23.0 Å². The summed E-state index contributed by atoms with van der Waals surface area (Å²) < 4.78 is 16.2. The number of nitrogens with one attached hydrogen (secondary N) is 2. The Labute approximate surface area is 183 Å². The van der Waals surface area contributed by atoms with Crippen LogP contribution in [0.4, 0.5) is 10.5 Å². The highest BCUT2D eigenvalue weighted by atomic mass is 16.5. The third kappa shape index (κ3) is 6.96. The van der Waals surface area contributed by atoms with Gasteiger partial charge in [0.25, 0.3) is 0 Å². The molecule has 0 heterocycles. The largest absolute Gasteiger partial charge is 0.504 e. The van der Waals surface area contributed by atoms with E-state index in [1.165, 1.54) is 7.11 Å². The number of ether oxygens (including phenoxy) is 3. The Bertz CT molecular complexity index is 856. The molecule has 8 heteroatoms. The molecule has 2 aromatic rings. The Morgan fingerprint density at radius 2 is 1.81 bits per heavy atom. The molecule has 31 heavy (non-hydrogen) atoms. The fourth-order valence-electron chi connectivity index (χ4n) is 3.07. The van der Waals surface area contributed by atoms with Gasteiger partial charge >= 0.3 is 6.03 Å². The number of carbonyl (C=O) groups excluding carboxylic acids is 1. The van der Waals surface area contributed by atoms with Crippen LogP contribution in [0.25, 0.3) is 0 Å². The molecule has 0 aliphatic rings. The number of aliphatic hydroxyl groups excluding tert-OH is 1. The van der Waals surface area contributed by atoms with Gasteiger partial charge in [-0.3, -0.25) is 0 Å². The Morgan fingerprint density at radius 3 is 2.45 bits per heavy atom. The lowest BCUT2D eigenvalue weighted by Crippen LogP contribution is -2.34. The van der Waals surface area contributed by atoms with Crippen molar-refractivity contribution in [2.75, 3.05) is 32.8 Å². The van der Waals surface area contributed by atoms with Gasteiger partial charge in [0.2, 0.25) is 0 Å². The second-order valence-electron chi connectivity index (χ2n) is 7.48. The Morgan fingerprint density at radius 1 is 1.06 bits per heavy atom. The topological polar surface area (TPSA) is 109 Å². The molecule has 0 aliphatic heterocycles. The van der Waals surface area contributed by atoms with Crippen LogP contribution in [0.5, 0.6) is 23.0 Å². The number of phenolic OH excluding ortho intramolecular Hbond substituents is 1. The summed E-state index contributed by atoms with van der Waals surface area (Å²) in [6, 6.07) is 8.59. The van der Waals surface area contributed by atoms with E-state index in [1.54, 1.807) is 43.5 Å². The number of para-hydroxylation sites is 1. The molecule has 0 spiro atoms. The third-order valence-corrected chi connectivity index (χ3v) is 4.72. The van der Waals surface area contributed by atoms with Gasteiger partial charge in [0.05, 0.1) is 33.5 Å². The average molecular weight is 433 g/mol. The monoisotopic (exact) mass is 432 g/mol. The lowest BCUT2D eigenvalue weighted by Gasteiger charge is -2.19. The number of aliphatic hydroxyl groups is 1. The molecule has 0 saturated carbocycles. The summed E-state index contributed by atoms with van der Waals surface area (Å²) in [6.07, 6.45) is 1.98. The molecular formula is C23H32N2O6. The zero-order chi connectivity index (χ0) is 22.8. The zero-order valence-corrected chi connectivity index (χ0v) is 18.5. The molecule has 0 aliphatic carbocycles. The molecular weight excluding hydrogens is 400 g/mol. The molecule has 0 aromatic heterocycles.